The highest BCUT2D eigenvalue weighted by atomic mass is 16.3. The summed E-state index contributed by atoms with van der Waals surface area (Å²) < 4.78 is 1.77. The summed E-state index contributed by atoms with van der Waals surface area (Å²) in [5, 5.41) is 14.2. The van der Waals surface area contributed by atoms with Crippen LogP contribution in [0, 0.1) is 0 Å². The maximum Gasteiger partial charge on any atom is 0.125 e. The van der Waals surface area contributed by atoms with Gasteiger partial charge in [0.25, 0.3) is 0 Å². The Morgan fingerprint density at radius 2 is 2.12 bits per heavy atom. The van der Waals surface area contributed by atoms with Crippen molar-refractivity contribution in [2.24, 2.45) is 0 Å². The topological polar surface area (TPSA) is 38.0 Å². The van der Waals surface area contributed by atoms with Gasteiger partial charge in [0.05, 0.1) is 12.2 Å². The molecule has 1 heterocycles. The molecule has 2 rings (SSSR count). The molecule has 86 valence electrons. The van der Waals surface area contributed by atoms with Gasteiger partial charge < -0.3 is 5.11 Å². The molecule has 1 N–H and O–H groups in total. The molecular weight excluding hydrogens is 212 g/mol. The third kappa shape index (κ3) is 2.28. The largest absolute Gasteiger partial charge is 0.507 e. The van der Waals surface area contributed by atoms with Crippen LogP contribution in [0.5, 0.6) is 5.75 Å². The number of phenolic OH excluding ortho intramolecular Hbond substituents is 1. The zero-order valence-corrected chi connectivity index (χ0v) is 9.50. The molecule has 3 heteroatoms. The molecular formula is C14H14N2O. The van der Waals surface area contributed by atoms with Crippen molar-refractivity contribution in [1.29, 1.82) is 0 Å². The second-order valence-corrected chi connectivity index (χ2v) is 3.69. The van der Waals surface area contributed by atoms with Crippen LogP contribution in [0.4, 0.5) is 0 Å². The fourth-order valence-electron chi connectivity index (χ4n) is 1.63. The van der Waals surface area contributed by atoms with Gasteiger partial charge in [-0.1, -0.05) is 24.8 Å². The SMILES string of the molecule is C=CCn1ccc(-c2cc(C=C)ccc2O)n1. The Bertz CT molecular complexity index is 555. The molecule has 0 bridgehead atoms. The standard InChI is InChI=1S/C14H14N2O/c1-3-8-16-9-7-13(15-16)12-10-11(4-2)5-6-14(12)17/h3-7,9-10,17H,1-2,8H2. The van der Waals surface area contributed by atoms with Crippen LogP contribution in [-0.4, -0.2) is 14.9 Å². The summed E-state index contributed by atoms with van der Waals surface area (Å²) in [5.41, 5.74) is 2.41. The highest BCUT2D eigenvalue weighted by Crippen LogP contribution is 2.28. The smallest absolute Gasteiger partial charge is 0.125 e. The minimum atomic E-state index is 0.222. The summed E-state index contributed by atoms with van der Waals surface area (Å²) >= 11 is 0. The molecule has 0 unspecified atom stereocenters. The van der Waals surface area contributed by atoms with E-state index in [1.807, 2.05) is 24.4 Å². The second kappa shape index (κ2) is 4.70. The molecule has 17 heavy (non-hydrogen) atoms. The molecule has 0 saturated heterocycles. The number of aromatic nitrogens is 2. The number of hydrogen-bond acceptors (Lipinski definition) is 2. The van der Waals surface area contributed by atoms with Crippen LogP contribution in [-0.2, 0) is 6.54 Å². The molecule has 1 aromatic heterocycles. The molecule has 0 radical (unpaired) electrons. The molecule has 0 spiro atoms. The number of aromatic hydroxyl groups is 1. The Hall–Kier alpha value is -2.29. The van der Waals surface area contributed by atoms with Crippen LogP contribution in [0.1, 0.15) is 5.56 Å². The van der Waals surface area contributed by atoms with E-state index in [4.69, 9.17) is 0 Å². The highest BCUT2D eigenvalue weighted by molar-refractivity contribution is 5.70. The van der Waals surface area contributed by atoms with E-state index >= 15 is 0 Å². The lowest BCUT2D eigenvalue weighted by Crippen LogP contribution is -1.95. The third-order valence-electron chi connectivity index (χ3n) is 2.49. The Morgan fingerprint density at radius 1 is 1.29 bits per heavy atom. The van der Waals surface area contributed by atoms with Crippen LogP contribution in [0.25, 0.3) is 17.3 Å². The molecule has 0 aliphatic heterocycles. The number of rotatable bonds is 4. The summed E-state index contributed by atoms with van der Waals surface area (Å²) in [6.07, 6.45) is 5.37. The van der Waals surface area contributed by atoms with E-state index in [2.05, 4.69) is 18.3 Å². The van der Waals surface area contributed by atoms with Gasteiger partial charge in [-0.25, -0.2) is 0 Å². The van der Waals surface area contributed by atoms with Crippen molar-refractivity contribution in [2.45, 2.75) is 6.54 Å². The number of allylic oxidation sites excluding steroid dienone is 1. The lowest BCUT2D eigenvalue weighted by Gasteiger charge is -2.03. The summed E-state index contributed by atoms with van der Waals surface area (Å²) in [4.78, 5) is 0. The van der Waals surface area contributed by atoms with Crippen molar-refractivity contribution in [2.75, 3.05) is 0 Å². The first kappa shape index (κ1) is 11.2. The molecule has 2 aromatic rings. The molecule has 3 nitrogen and oxygen atoms in total. The van der Waals surface area contributed by atoms with Gasteiger partial charge in [0.1, 0.15) is 5.75 Å². The van der Waals surface area contributed by atoms with Gasteiger partial charge in [-0.15, -0.1) is 6.58 Å². The molecule has 0 saturated carbocycles. The number of nitrogens with zero attached hydrogens (tertiary/aromatic N) is 2. The number of phenols is 1. The van der Waals surface area contributed by atoms with E-state index < -0.39 is 0 Å². The Kier molecular flexibility index (Phi) is 3.10. The predicted molar refractivity (Wildman–Crippen MR) is 69.6 cm³/mol. The average molecular weight is 226 g/mol. The maximum atomic E-state index is 9.82. The number of benzene rings is 1. The third-order valence-corrected chi connectivity index (χ3v) is 2.49. The number of hydrogen-bond donors (Lipinski definition) is 1. The van der Waals surface area contributed by atoms with Crippen molar-refractivity contribution >= 4 is 6.08 Å². The normalized spacial score (nSPS) is 10.1. The highest BCUT2D eigenvalue weighted by Gasteiger charge is 2.07. The Labute approximate surface area is 100 Å². The first-order valence-corrected chi connectivity index (χ1v) is 5.35. The van der Waals surface area contributed by atoms with Crippen LogP contribution >= 0.6 is 0 Å². The summed E-state index contributed by atoms with van der Waals surface area (Å²) in [6, 6.07) is 7.19. The maximum absolute atomic E-state index is 9.82. The average Bonchev–Trinajstić information content (AvgIpc) is 2.79. The van der Waals surface area contributed by atoms with E-state index in [1.165, 1.54) is 0 Å². The molecule has 0 aliphatic rings. The quantitative estimate of drug-likeness (QED) is 0.813. The van der Waals surface area contributed by atoms with E-state index in [-0.39, 0.29) is 5.75 Å². The summed E-state index contributed by atoms with van der Waals surface area (Å²) in [7, 11) is 0. The molecule has 1 aromatic carbocycles. The molecule has 0 aliphatic carbocycles. The molecule has 0 atom stereocenters. The van der Waals surface area contributed by atoms with Crippen LogP contribution < -0.4 is 0 Å². The molecule has 0 amide bonds. The van der Waals surface area contributed by atoms with E-state index in [0.717, 1.165) is 11.3 Å². The van der Waals surface area contributed by atoms with Crippen molar-refractivity contribution in [3.63, 3.8) is 0 Å². The fraction of sp³-hybridized carbons (Fsp3) is 0.0714. The second-order valence-electron chi connectivity index (χ2n) is 3.69. The first-order valence-electron chi connectivity index (χ1n) is 5.35. The first-order chi connectivity index (χ1) is 8.24. The van der Waals surface area contributed by atoms with Gasteiger partial charge in [-0.3, -0.25) is 4.68 Å². The summed E-state index contributed by atoms with van der Waals surface area (Å²) in [5.74, 6) is 0.222. The van der Waals surface area contributed by atoms with Crippen LogP contribution in [0.15, 0.2) is 49.7 Å². The van der Waals surface area contributed by atoms with Gasteiger partial charge in [-0.2, -0.15) is 5.10 Å². The lowest BCUT2D eigenvalue weighted by atomic mass is 10.1. The summed E-state index contributed by atoms with van der Waals surface area (Å²) in [6.45, 7) is 8.02. The van der Waals surface area contributed by atoms with Gasteiger partial charge in [0.15, 0.2) is 0 Å². The van der Waals surface area contributed by atoms with E-state index in [1.54, 1.807) is 22.9 Å². The van der Waals surface area contributed by atoms with Crippen LogP contribution in [0.3, 0.4) is 0 Å². The monoisotopic (exact) mass is 226 g/mol. The van der Waals surface area contributed by atoms with Gasteiger partial charge in [0.2, 0.25) is 0 Å². The lowest BCUT2D eigenvalue weighted by molar-refractivity contribution is 0.477. The van der Waals surface area contributed by atoms with Gasteiger partial charge in [0, 0.05) is 11.8 Å². The van der Waals surface area contributed by atoms with Crippen molar-refractivity contribution < 1.29 is 5.11 Å². The predicted octanol–water partition coefficient (Wildman–Crippen LogP) is 3.08. The van der Waals surface area contributed by atoms with E-state index in [0.29, 0.717) is 12.1 Å². The molecule has 0 fully saturated rings. The van der Waals surface area contributed by atoms with Crippen molar-refractivity contribution in [3.8, 4) is 17.0 Å². The Balaban J connectivity index is 2.43. The minimum absolute atomic E-state index is 0.222. The van der Waals surface area contributed by atoms with Gasteiger partial charge >= 0.3 is 0 Å². The van der Waals surface area contributed by atoms with Gasteiger partial charge in [-0.05, 0) is 23.8 Å². The minimum Gasteiger partial charge on any atom is -0.507 e. The fourth-order valence-corrected chi connectivity index (χ4v) is 1.63. The Morgan fingerprint density at radius 3 is 2.82 bits per heavy atom. The van der Waals surface area contributed by atoms with Crippen molar-refractivity contribution in [3.05, 3.63) is 55.3 Å². The van der Waals surface area contributed by atoms with Crippen molar-refractivity contribution in [1.82, 2.24) is 9.78 Å². The van der Waals surface area contributed by atoms with Crippen LogP contribution in [0.2, 0.25) is 0 Å². The zero-order valence-electron chi connectivity index (χ0n) is 9.50. The van der Waals surface area contributed by atoms with E-state index in [9.17, 15) is 5.11 Å². The zero-order chi connectivity index (χ0) is 12.3.